The van der Waals surface area contributed by atoms with Crippen molar-refractivity contribution in [3.05, 3.63) is 42.5 Å². The molecule has 3 aromatic rings. The molecule has 0 saturated carbocycles. The Hall–Kier alpha value is -2.07. The molecule has 1 fully saturated rings. The molecule has 0 amide bonds. The van der Waals surface area contributed by atoms with Gasteiger partial charge in [-0.2, -0.15) is 4.57 Å². The van der Waals surface area contributed by atoms with Crippen LogP contribution in [0.3, 0.4) is 0 Å². The third kappa shape index (κ3) is 3.23. The van der Waals surface area contributed by atoms with E-state index in [1.54, 1.807) is 7.11 Å². The number of ether oxygens (including phenoxy) is 1. The third-order valence-electron chi connectivity index (χ3n) is 5.13. The minimum absolute atomic E-state index is 0.914. The molecule has 0 unspecified atom stereocenters. The standard InChI is InChI=1S/C21H25N2OS/c1-22-19-12-11-18(24-2)15-20(19)25-21(22)16-7-9-17(10-8-16)23-13-5-3-4-6-14-23/h7-12,15H,3-6,13-14H2,1-2H3/q+1. The predicted molar refractivity (Wildman–Crippen MR) is 106 cm³/mol. The summed E-state index contributed by atoms with van der Waals surface area (Å²) in [5, 5.41) is 1.28. The molecule has 130 valence electrons. The van der Waals surface area contributed by atoms with E-state index in [0.717, 1.165) is 5.75 Å². The van der Waals surface area contributed by atoms with Crippen LogP contribution in [0.25, 0.3) is 20.8 Å². The molecule has 0 atom stereocenters. The molecule has 1 saturated heterocycles. The van der Waals surface area contributed by atoms with Crippen molar-refractivity contribution in [1.82, 2.24) is 0 Å². The van der Waals surface area contributed by atoms with Gasteiger partial charge in [-0.1, -0.05) is 24.2 Å². The average Bonchev–Trinajstić information content (AvgIpc) is 2.83. The molecule has 3 nitrogen and oxygen atoms in total. The van der Waals surface area contributed by atoms with Crippen LogP contribution in [-0.4, -0.2) is 20.2 Å². The lowest BCUT2D eigenvalue weighted by atomic mass is 10.2. The summed E-state index contributed by atoms with van der Waals surface area (Å²) in [5.74, 6) is 0.914. The van der Waals surface area contributed by atoms with Crippen molar-refractivity contribution in [1.29, 1.82) is 0 Å². The number of rotatable bonds is 3. The van der Waals surface area contributed by atoms with Gasteiger partial charge in [0.1, 0.15) is 17.5 Å². The Morgan fingerprint density at radius 2 is 1.68 bits per heavy atom. The number of hydrogen-bond donors (Lipinski definition) is 0. The number of aromatic nitrogens is 1. The minimum atomic E-state index is 0.914. The highest BCUT2D eigenvalue weighted by atomic mass is 32.1. The minimum Gasteiger partial charge on any atom is -0.497 e. The van der Waals surface area contributed by atoms with E-state index in [-0.39, 0.29) is 0 Å². The fourth-order valence-corrected chi connectivity index (χ4v) is 4.84. The molecule has 1 aliphatic rings. The number of hydrogen-bond acceptors (Lipinski definition) is 3. The maximum atomic E-state index is 5.36. The molecule has 1 aliphatic heterocycles. The first-order chi connectivity index (χ1) is 12.3. The van der Waals surface area contributed by atoms with E-state index in [1.165, 1.54) is 65.2 Å². The molecule has 4 rings (SSSR count). The second kappa shape index (κ2) is 7.04. The smallest absolute Gasteiger partial charge is 0.269 e. The molecule has 0 aliphatic carbocycles. The number of methoxy groups -OCH3 is 1. The van der Waals surface area contributed by atoms with Gasteiger partial charge in [-0.25, -0.2) is 0 Å². The number of anilines is 1. The molecule has 0 radical (unpaired) electrons. The van der Waals surface area contributed by atoms with Gasteiger partial charge >= 0.3 is 0 Å². The molecule has 4 heteroatoms. The highest BCUT2D eigenvalue weighted by Crippen LogP contribution is 2.31. The third-order valence-corrected chi connectivity index (χ3v) is 6.37. The van der Waals surface area contributed by atoms with E-state index in [0.29, 0.717) is 0 Å². The topological polar surface area (TPSA) is 16.4 Å². The highest BCUT2D eigenvalue weighted by Gasteiger charge is 2.19. The molecular formula is C21H25N2OS+. The lowest BCUT2D eigenvalue weighted by Gasteiger charge is -2.22. The molecule has 1 aromatic heterocycles. The summed E-state index contributed by atoms with van der Waals surface area (Å²) >= 11 is 1.82. The van der Waals surface area contributed by atoms with E-state index in [1.807, 2.05) is 17.4 Å². The Balaban J connectivity index is 1.65. The van der Waals surface area contributed by atoms with Gasteiger partial charge in [0.25, 0.3) is 5.01 Å². The first-order valence-electron chi connectivity index (χ1n) is 9.08. The normalized spacial score (nSPS) is 15.4. The molecule has 0 bridgehead atoms. The zero-order valence-corrected chi connectivity index (χ0v) is 15.8. The average molecular weight is 354 g/mol. The Kier molecular flexibility index (Phi) is 4.62. The van der Waals surface area contributed by atoms with Gasteiger partial charge in [-0.05, 0) is 43.2 Å². The van der Waals surface area contributed by atoms with Crippen LogP contribution in [0.4, 0.5) is 5.69 Å². The monoisotopic (exact) mass is 353 g/mol. The Morgan fingerprint density at radius 3 is 2.36 bits per heavy atom. The van der Waals surface area contributed by atoms with Crippen LogP contribution in [0.2, 0.25) is 0 Å². The predicted octanol–water partition coefficient (Wildman–Crippen LogP) is 4.78. The van der Waals surface area contributed by atoms with Gasteiger partial charge in [-0.3, -0.25) is 0 Å². The zero-order valence-electron chi connectivity index (χ0n) is 15.0. The molecular weight excluding hydrogens is 328 g/mol. The first-order valence-corrected chi connectivity index (χ1v) is 9.90. The SMILES string of the molecule is COc1ccc2c(c1)sc(-c1ccc(N3CCCCCC3)cc1)[n+]2C. The van der Waals surface area contributed by atoms with Gasteiger partial charge in [0.05, 0.1) is 12.7 Å². The van der Waals surface area contributed by atoms with Crippen LogP contribution in [0.1, 0.15) is 25.7 Å². The quantitative estimate of drug-likeness (QED) is 0.630. The van der Waals surface area contributed by atoms with Gasteiger partial charge in [0, 0.05) is 30.9 Å². The Bertz CT molecular complexity index is 861. The van der Waals surface area contributed by atoms with E-state index in [4.69, 9.17) is 4.74 Å². The summed E-state index contributed by atoms with van der Waals surface area (Å²) in [6.45, 7) is 2.38. The summed E-state index contributed by atoms with van der Waals surface area (Å²) in [7, 11) is 3.86. The van der Waals surface area contributed by atoms with Gasteiger partial charge in [0.15, 0.2) is 0 Å². The number of benzene rings is 2. The molecule has 2 heterocycles. The van der Waals surface area contributed by atoms with E-state index >= 15 is 0 Å². The van der Waals surface area contributed by atoms with Crippen LogP contribution in [0.5, 0.6) is 5.75 Å². The lowest BCUT2D eigenvalue weighted by Crippen LogP contribution is -2.28. The summed E-state index contributed by atoms with van der Waals surface area (Å²) in [6, 6.07) is 15.4. The maximum absolute atomic E-state index is 5.36. The lowest BCUT2D eigenvalue weighted by molar-refractivity contribution is -0.629. The van der Waals surface area contributed by atoms with Crippen molar-refractivity contribution in [3.8, 4) is 16.3 Å². The van der Waals surface area contributed by atoms with Crippen LogP contribution in [0.15, 0.2) is 42.5 Å². The van der Waals surface area contributed by atoms with Crippen molar-refractivity contribution < 1.29 is 9.30 Å². The fourth-order valence-electron chi connectivity index (χ4n) is 3.66. The fraction of sp³-hybridized carbons (Fsp3) is 0.381. The number of fused-ring (bicyclic) bond motifs is 1. The van der Waals surface area contributed by atoms with E-state index in [2.05, 4.69) is 52.9 Å². The maximum Gasteiger partial charge on any atom is 0.269 e. The van der Waals surface area contributed by atoms with E-state index in [9.17, 15) is 0 Å². The number of nitrogens with zero attached hydrogens (tertiary/aromatic N) is 2. The highest BCUT2D eigenvalue weighted by molar-refractivity contribution is 7.21. The van der Waals surface area contributed by atoms with Crippen molar-refractivity contribution >= 4 is 27.2 Å². The summed E-state index contributed by atoms with van der Waals surface area (Å²) < 4.78 is 8.90. The summed E-state index contributed by atoms with van der Waals surface area (Å²) in [4.78, 5) is 2.53. The van der Waals surface area contributed by atoms with Gasteiger partial charge < -0.3 is 9.64 Å². The van der Waals surface area contributed by atoms with Gasteiger partial charge in [-0.15, -0.1) is 0 Å². The van der Waals surface area contributed by atoms with Crippen molar-refractivity contribution in [3.63, 3.8) is 0 Å². The Labute approximate surface area is 153 Å². The van der Waals surface area contributed by atoms with E-state index < -0.39 is 0 Å². The van der Waals surface area contributed by atoms with Crippen molar-refractivity contribution in [2.45, 2.75) is 25.7 Å². The summed E-state index contributed by atoms with van der Waals surface area (Å²) in [5.41, 5.74) is 3.88. The number of thiazole rings is 1. The van der Waals surface area contributed by atoms with Crippen LogP contribution in [-0.2, 0) is 7.05 Å². The largest absolute Gasteiger partial charge is 0.497 e. The second-order valence-corrected chi connectivity index (χ2v) is 7.78. The zero-order chi connectivity index (χ0) is 17.2. The van der Waals surface area contributed by atoms with Crippen LogP contribution < -0.4 is 14.2 Å². The number of aryl methyl sites for hydroxylation is 1. The molecule has 0 spiro atoms. The summed E-state index contributed by atoms with van der Waals surface area (Å²) in [6.07, 6.45) is 5.37. The first kappa shape index (κ1) is 16.4. The Morgan fingerprint density at radius 1 is 0.960 bits per heavy atom. The van der Waals surface area contributed by atoms with Crippen LogP contribution >= 0.6 is 11.3 Å². The van der Waals surface area contributed by atoms with Crippen molar-refractivity contribution in [2.75, 3.05) is 25.1 Å². The molecule has 2 aromatic carbocycles. The second-order valence-electron chi connectivity index (χ2n) is 6.75. The van der Waals surface area contributed by atoms with Gasteiger partial charge in [0.2, 0.25) is 5.52 Å². The van der Waals surface area contributed by atoms with Crippen LogP contribution in [0, 0.1) is 0 Å². The molecule has 0 N–H and O–H groups in total. The van der Waals surface area contributed by atoms with Crippen molar-refractivity contribution in [2.24, 2.45) is 7.05 Å². The molecule has 25 heavy (non-hydrogen) atoms.